The molecule has 0 radical (unpaired) electrons. The minimum atomic E-state index is -0.100. The SMILES string of the molecule is CNC(=O)c1ccc(CN(C)CC(=O)NC(C)c2cccs2)cc1. The molecular weight excluding hydrogens is 322 g/mol. The number of nitrogens with zero attached hydrogens (tertiary/aromatic N) is 1. The monoisotopic (exact) mass is 345 g/mol. The van der Waals surface area contributed by atoms with Crippen LogP contribution in [0.2, 0.25) is 0 Å². The van der Waals surface area contributed by atoms with Crippen molar-refractivity contribution in [2.24, 2.45) is 0 Å². The third kappa shape index (κ3) is 5.18. The number of carbonyl (C=O) groups excluding carboxylic acids is 2. The second-order valence-corrected chi connectivity index (χ2v) is 6.73. The molecular formula is C18H23N3O2S. The molecule has 24 heavy (non-hydrogen) atoms. The lowest BCUT2D eigenvalue weighted by molar-refractivity contribution is -0.122. The summed E-state index contributed by atoms with van der Waals surface area (Å²) >= 11 is 1.64. The summed E-state index contributed by atoms with van der Waals surface area (Å²) in [6.07, 6.45) is 0. The van der Waals surface area contributed by atoms with E-state index in [4.69, 9.17) is 0 Å². The lowest BCUT2D eigenvalue weighted by atomic mass is 10.1. The predicted molar refractivity (Wildman–Crippen MR) is 97.0 cm³/mol. The predicted octanol–water partition coefficient (Wildman–Crippen LogP) is 2.42. The van der Waals surface area contributed by atoms with E-state index in [2.05, 4.69) is 10.6 Å². The molecule has 6 heteroatoms. The molecule has 0 saturated carbocycles. The van der Waals surface area contributed by atoms with Crippen LogP contribution in [-0.2, 0) is 11.3 Å². The summed E-state index contributed by atoms with van der Waals surface area (Å²) in [7, 11) is 3.52. The lowest BCUT2D eigenvalue weighted by Gasteiger charge is -2.18. The van der Waals surface area contributed by atoms with Gasteiger partial charge in [0.15, 0.2) is 0 Å². The first-order valence-electron chi connectivity index (χ1n) is 7.82. The van der Waals surface area contributed by atoms with E-state index in [1.807, 2.05) is 48.5 Å². The standard InChI is InChI=1S/C18H23N3O2S/c1-13(16-5-4-10-24-16)20-17(22)12-21(3)11-14-6-8-15(9-7-14)18(23)19-2/h4-10,13H,11-12H2,1-3H3,(H,19,23)(H,20,22). The van der Waals surface area contributed by atoms with Crippen LogP contribution in [0.5, 0.6) is 0 Å². The highest BCUT2D eigenvalue weighted by Gasteiger charge is 2.12. The number of hydrogen-bond donors (Lipinski definition) is 2. The summed E-state index contributed by atoms with van der Waals surface area (Å²) in [5.74, 6) is -0.0998. The van der Waals surface area contributed by atoms with Gasteiger partial charge in [-0.05, 0) is 43.1 Å². The van der Waals surface area contributed by atoms with Crippen LogP contribution in [0.25, 0.3) is 0 Å². The second-order valence-electron chi connectivity index (χ2n) is 5.75. The van der Waals surface area contributed by atoms with Gasteiger partial charge in [-0.2, -0.15) is 0 Å². The van der Waals surface area contributed by atoms with E-state index in [9.17, 15) is 9.59 Å². The van der Waals surface area contributed by atoms with Crippen molar-refractivity contribution in [2.75, 3.05) is 20.6 Å². The molecule has 1 aromatic carbocycles. The van der Waals surface area contributed by atoms with Crippen LogP contribution in [0.3, 0.4) is 0 Å². The maximum absolute atomic E-state index is 12.1. The Balaban J connectivity index is 1.82. The fourth-order valence-electron chi connectivity index (χ4n) is 2.41. The number of benzene rings is 1. The summed E-state index contributed by atoms with van der Waals surface area (Å²) < 4.78 is 0. The molecule has 2 N–H and O–H groups in total. The molecule has 1 heterocycles. The normalized spacial score (nSPS) is 12.0. The van der Waals surface area contributed by atoms with Crippen molar-refractivity contribution in [3.63, 3.8) is 0 Å². The Hall–Kier alpha value is -2.18. The zero-order valence-electron chi connectivity index (χ0n) is 14.2. The molecule has 2 aromatic rings. The first kappa shape index (κ1) is 18.2. The lowest BCUT2D eigenvalue weighted by Crippen LogP contribution is -2.36. The van der Waals surface area contributed by atoms with Crippen molar-refractivity contribution in [3.8, 4) is 0 Å². The Kier molecular flexibility index (Phi) is 6.52. The van der Waals surface area contributed by atoms with Crippen LogP contribution in [0.4, 0.5) is 0 Å². The van der Waals surface area contributed by atoms with Gasteiger partial charge >= 0.3 is 0 Å². The van der Waals surface area contributed by atoms with E-state index in [-0.39, 0.29) is 17.9 Å². The van der Waals surface area contributed by atoms with Crippen LogP contribution in [0.15, 0.2) is 41.8 Å². The maximum Gasteiger partial charge on any atom is 0.251 e. The first-order valence-corrected chi connectivity index (χ1v) is 8.70. The smallest absolute Gasteiger partial charge is 0.251 e. The zero-order chi connectivity index (χ0) is 17.5. The van der Waals surface area contributed by atoms with Gasteiger partial charge in [-0.1, -0.05) is 18.2 Å². The van der Waals surface area contributed by atoms with Crippen molar-refractivity contribution in [3.05, 3.63) is 57.8 Å². The largest absolute Gasteiger partial charge is 0.355 e. The van der Waals surface area contributed by atoms with Crippen molar-refractivity contribution in [1.82, 2.24) is 15.5 Å². The van der Waals surface area contributed by atoms with Crippen molar-refractivity contribution in [2.45, 2.75) is 19.5 Å². The Labute approximate surface area is 146 Å². The van der Waals surface area contributed by atoms with E-state index in [0.29, 0.717) is 18.7 Å². The summed E-state index contributed by atoms with van der Waals surface area (Å²) in [5.41, 5.74) is 1.69. The van der Waals surface area contributed by atoms with Gasteiger partial charge in [0, 0.05) is 24.0 Å². The van der Waals surface area contributed by atoms with E-state index in [1.165, 1.54) is 0 Å². The topological polar surface area (TPSA) is 61.4 Å². The Morgan fingerprint density at radius 2 is 1.92 bits per heavy atom. The van der Waals surface area contributed by atoms with Crippen LogP contribution in [0.1, 0.15) is 33.8 Å². The third-order valence-corrected chi connectivity index (χ3v) is 4.71. The molecule has 2 rings (SSSR count). The van der Waals surface area contributed by atoms with Crippen LogP contribution < -0.4 is 10.6 Å². The molecule has 2 amide bonds. The molecule has 1 atom stereocenters. The van der Waals surface area contributed by atoms with Gasteiger partial charge in [0.1, 0.15) is 0 Å². The summed E-state index contributed by atoms with van der Waals surface area (Å²) in [5, 5.41) is 7.61. The highest BCUT2D eigenvalue weighted by Crippen LogP contribution is 2.17. The number of likely N-dealkylation sites (N-methyl/N-ethyl adjacent to an activating group) is 1. The van der Waals surface area contributed by atoms with Crippen molar-refractivity contribution >= 4 is 23.2 Å². The fourth-order valence-corrected chi connectivity index (χ4v) is 3.15. The van der Waals surface area contributed by atoms with E-state index >= 15 is 0 Å². The van der Waals surface area contributed by atoms with Gasteiger partial charge in [0.25, 0.3) is 5.91 Å². The van der Waals surface area contributed by atoms with E-state index < -0.39 is 0 Å². The molecule has 0 saturated heterocycles. The zero-order valence-corrected chi connectivity index (χ0v) is 15.0. The molecule has 0 aliphatic heterocycles. The third-order valence-electron chi connectivity index (χ3n) is 3.66. The van der Waals surface area contributed by atoms with Gasteiger partial charge < -0.3 is 10.6 Å². The molecule has 0 fully saturated rings. The summed E-state index contributed by atoms with van der Waals surface area (Å²) in [6, 6.07) is 11.4. The molecule has 1 aromatic heterocycles. The molecule has 0 spiro atoms. The van der Waals surface area contributed by atoms with Crippen LogP contribution in [0, 0.1) is 0 Å². The summed E-state index contributed by atoms with van der Waals surface area (Å²) in [4.78, 5) is 26.7. The van der Waals surface area contributed by atoms with Crippen molar-refractivity contribution < 1.29 is 9.59 Å². The van der Waals surface area contributed by atoms with Crippen molar-refractivity contribution in [1.29, 1.82) is 0 Å². The number of thiophene rings is 1. The molecule has 1 unspecified atom stereocenters. The first-order chi connectivity index (χ1) is 11.5. The number of amides is 2. The van der Waals surface area contributed by atoms with E-state index in [1.54, 1.807) is 30.5 Å². The molecule has 0 aliphatic rings. The minimum Gasteiger partial charge on any atom is -0.355 e. The van der Waals surface area contributed by atoms with Gasteiger partial charge in [-0.3, -0.25) is 14.5 Å². The Morgan fingerprint density at radius 3 is 2.50 bits per heavy atom. The highest BCUT2D eigenvalue weighted by molar-refractivity contribution is 7.10. The molecule has 0 bridgehead atoms. The molecule has 128 valence electrons. The van der Waals surface area contributed by atoms with Gasteiger partial charge in [0.05, 0.1) is 12.6 Å². The minimum absolute atomic E-state index is 0.000353. The Bertz CT molecular complexity index is 668. The number of carbonyl (C=O) groups is 2. The molecule has 5 nitrogen and oxygen atoms in total. The maximum atomic E-state index is 12.1. The average Bonchev–Trinajstić information content (AvgIpc) is 3.09. The fraction of sp³-hybridized carbons (Fsp3) is 0.333. The van der Waals surface area contributed by atoms with Crippen LogP contribution in [-0.4, -0.2) is 37.4 Å². The van der Waals surface area contributed by atoms with Gasteiger partial charge in [0.2, 0.25) is 5.91 Å². The number of hydrogen-bond acceptors (Lipinski definition) is 4. The second kappa shape index (κ2) is 8.61. The van der Waals surface area contributed by atoms with Gasteiger partial charge in [-0.15, -0.1) is 11.3 Å². The number of rotatable bonds is 7. The quantitative estimate of drug-likeness (QED) is 0.810. The summed E-state index contributed by atoms with van der Waals surface area (Å²) in [6.45, 7) is 2.96. The van der Waals surface area contributed by atoms with Crippen LogP contribution >= 0.6 is 11.3 Å². The molecule has 0 aliphatic carbocycles. The highest BCUT2D eigenvalue weighted by atomic mass is 32.1. The average molecular weight is 345 g/mol. The Morgan fingerprint density at radius 1 is 1.21 bits per heavy atom. The number of nitrogens with one attached hydrogen (secondary N) is 2. The van der Waals surface area contributed by atoms with E-state index in [0.717, 1.165) is 10.4 Å². The van der Waals surface area contributed by atoms with Gasteiger partial charge in [-0.25, -0.2) is 0 Å².